The van der Waals surface area contributed by atoms with E-state index < -0.39 is 0 Å². The molecular weight excluding hydrogens is 339 g/mol. The van der Waals surface area contributed by atoms with Crippen LogP contribution in [0.15, 0.2) is 52.3 Å². The molecule has 1 atom stereocenters. The zero-order valence-corrected chi connectivity index (χ0v) is 12.0. The number of fused-ring (bicyclic) bond motifs is 2. The predicted molar refractivity (Wildman–Crippen MR) is 80.6 cm³/mol. The molecule has 0 nitrogen and oxygen atoms in total. The average molecular weight is 348 g/mol. The quantitative estimate of drug-likeness (QED) is 0.610. The first-order chi connectivity index (χ1) is 8.33. The van der Waals surface area contributed by atoms with Gasteiger partial charge in [0.05, 0.1) is 0 Å². The van der Waals surface area contributed by atoms with Gasteiger partial charge in [0.15, 0.2) is 0 Å². The van der Waals surface area contributed by atoms with E-state index in [1.807, 2.05) is 11.8 Å². The highest BCUT2D eigenvalue weighted by atomic mass is 127. The minimum atomic E-state index is 0.449. The molecule has 0 amide bonds. The summed E-state index contributed by atoms with van der Waals surface area (Å²) in [5.74, 6) is 0.449. The summed E-state index contributed by atoms with van der Waals surface area (Å²) in [5, 5.41) is 0. The molecule has 2 aromatic rings. The number of allylic oxidation sites excluding steroid dienone is 1. The number of halogens is 1. The van der Waals surface area contributed by atoms with Crippen LogP contribution in [-0.2, 0) is 0 Å². The summed E-state index contributed by atoms with van der Waals surface area (Å²) in [5.41, 5.74) is 4.32. The van der Waals surface area contributed by atoms with Crippen molar-refractivity contribution in [3.8, 4) is 0 Å². The van der Waals surface area contributed by atoms with Gasteiger partial charge in [0.1, 0.15) is 0 Å². The predicted octanol–water partition coefficient (Wildman–Crippen LogP) is 4.91. The third-order valence-electron chi connectivity index (χ3n) is 3.43. The Morgan fingerprint density at radius 2 is 1.82 bits per heavy atom. The van der Waals surface area contributed by atoms with Gasteiger partial charge in [0.25, 0.3) is 0 Å². The molecule has 2 aromatic carbocycles. The first-order valence-corrected chi connectivity index (χ1v) is 7.51. The van der Waals surface area contributed by atoms with Crippen LogP contribution >= 0.6 is 34.4 Å². The maximum Gasteiger partial charge on any atom is 0.0289 e. The summed E-state index contributed by atoms with van der Waals surface area (Å²) in [6, 6.07) is 13.5. The van der Waals surface area contributed by atoms with Crippen molar-refractivity contribution >= 4 is 40.4 Å². The minimum absolute atomic E-state index is 0.449. The molecule has 5 rings (SSSR count). The van der Waals surface area contributed by atoms with Crippen LogP contribution in [-0.4, -0.2) is 0 Å². The third-order valence-corrected chi connectivity index (χ3v) is 5.45. The summed E-state index contributed by atoms with van der Waals surface area (Å²) in [4.78, 5) is 2.71. The van der Waals surface area contributed by atoms with Crippen molar-refractivity contribution < 1.29 is 0 Å². The molecule has 17 heavy (non-hydrogen) atoms. The van der Waals surface area contributed by atoms with Crippen LogP contribution in [0.2, 0.25) is 0 Å². The number of hydrogen-bond donors (Lipinski definition) is 0. The zero-order valence-electron chi connectivity index (χ0n) is 8.98. The molecule has 2 heterocycles. The molecule has 6 bridgehead atoms. The zero-order chi connectivity index (χ0) is 11.4. The van der Waals surface area contributed by atoms with E-state index in [9.17, 15) is 0 Å². The average Bonchev–Trinajstić information content (AvgIpc) is 2.82. The highest BCUT2D eigenvalue weighted by molar-refractivity contribution is 14.1. The Morgan fingerprint density at radius 3 is 2.65 bits per heavy atom. The minimum Gasteiger partial charge on any atom is -0.0895 e. The summed E-state index contributed by atoms with van der Waals surface area (Å²) in [6.45, 7) is 0. The van der Waals surface area contributed by atoms with E-state index in [-0.39, 0.29) is 0 Å². The molecule has 2 aliphatic heterocycles. The maximum absolute atomic E-state index is 2.46. The molecule has 0 fully saturated rings. The van der Waals surface area contributed by atoms with Gasteiger partial charge >= 0.3 is 0 Å². The molecule has 1 aliphatic carbocycles. The van der Waals surface area contributed by atoms with E-state index in [0.717, 1.165) is 0 Å². The number of rotatable bonds is 0. The SMILES string of the molecule is Ic1ccc2c3c1C(C=C3)c1ccc(cc1)S2. The maximum atomic E-state index is 2.46. The second kappa shape index (κ2) is 3.62. The van der Waals surface area contributed by atoms with Crippen molar-refractivity contribution in [1.29, 1.82) is 0 Å². The highest BCUT2D eigenvalue weighted by Gasteiger charge is 2.25. The van der Waals surface area contributed by atoms with Crippen LogP contribution in [0.5, 0.6) is 0 Å². The lowest BCUT2D eigenvalue weighted by Gasteiger charge is -2.13. The molecule has 2 heteroatoms. The van der Waals surface area contributed by atoms with E-state index >= 15 is 0 Å². The molecule has 0 saturated heterocycles. The standard InChI is InChI=1S/C15H9IS/c16-13-7-8-14-12-6-5-11(15(12)13)9-1-3-10(17-14)4-2-9/h1-8,11H. The van der Waals surface area contributed by atoms with E-state index in [1.165, 1.54) is 30.1 Å². The lowest BCUT2D eigenvalue weighted by atomic mass is 9.93. The Morgan fingerprint density at radius 1 is 1.00 bits per heavy atom. The molecule has 0 spiro atoms. The Hall–Kier alpha value is -0.740. The van der Waals surface area contributed by atoms with Crippen LogP contribution in [0.3, 0.4) is 0 Å². The van der Waals surface area contributed by atoms with Crippen LogP contribution < -0.4 is 0 Å². The topological polar surface area (TPSA) is 0 Å². The highest BCUT2D eigenvalue weighted by Crippen LogP contribution is 2.45. The third kappa shape index (κ3) is 1.43. The molecule has 1 unspecified atom stereocenters. The van der Waals surface area contributed by atoms with Crippen molar-refractivity contribution in [3.05, 3.63) is 62.7 Å². The second-order valence-electron chi connectivity index (χ2n) is 4.38. The molecule has 0 aromatic heterocycles. The first-order valence-electron chi connectivity index (χ1n) is 5.61. The van der Waals surface area contributed by atoms with Crippen molar-refractivity contribution in [1.82, 2.24) is 0 Å². The van der Waals surface area contributed by atoms with E-state index in [2.05, 4.69) is 71.1 Å². The lowest BCUT2D eigenvalue weighted by molar-refractivity contribution is 1.03. The van der Waals surface area contributed by atoms with Crippen LogP contribution in [0.4, 0.5) is 0 Å². The molecule has 0 saturated carbocycles. The second-order valence-corrected chi connectivity index (χ2v) is 6.66. The van der Waals surface area contributed by atoms with Gasteiger partial charge in [-0.2, -0.15) is 0 Å². The van der Waals surface area contributed by atoms with E-state index in [4.69, 9.17) is 0 Å². The van der Waals surface area contributed by atoms with Gasteiger partial charge in [-0.3, -0.25) is 0 Å². The van der Waals surface area contributed by atoms with Gasteiger partial charge in [0.2, 0.25) is 0 Å². The van der Waals surface area contributed by atoms with Crippen molar-refractivity contribution in [3.63, 3.8) is 0 Å². The largest absolute Gasteiger partial charge is 0.0895 e. The molecule has 3 aliphatic rings. The molecule has 0 N–H and O–H groups in total. The van der Waals surface area contributed by atoms with Crippen molar-refractivity contribution in [2.45, 2.75) is 15.7 Å². The summed E-state index contributed by atoms with van der Waals surface area (Å²) in [7, 11) is 0. The van der Waals surface area contributed by atoms with Crippen LogP contribution in [0.25, 0.3) is 6.08 Å². The molecular formula is C15H9IS. The fourth-order valence-electron chi connectivity index (χ4n) is 2.60. The van der Waals surface area contributed by atoms with Gasteiger partial charge in [-0.05, 0) is 63.5 Å². The Labute approximate surface area is 118 Å². The number of hydrogen-bond acceptors (Lipinski definition) is 1. The van der Waals surface area contributed by atoms with Crippen molar-refractivity contribution in [2.24, 2.45) is 0 Å². The fourth-order valence-corrected chi connectivity index (χ4v) is 4.36. The van der Waals surface area contributed by atoms with E-state index in [1.54, 1.807) is 0 Å². The van der Waals surface area contributed by atoms with E-state index in [0.29, 0.717) is 5.92 Å². The number of benzene rings is 2. The molecule has 0 radical (unpaired) electrons. The van der Waals surface area contributed by atoms with Gasteiger partial charge in [0, 0.05) is 19.3 Å². The summed E-state index contributed by atoms with van der Waals surface area (Å²) >= 11 is 4.32. The van der Waals surface area contributed by atoms with Gasteiger partial charge in [-0.15, -0.1) is 0 Å². The first kappa shape index (κ1) is 10.2. The van der Waals surface area contributed by atoms with Crippen molar-refractivity contribution in [2.75, 3.05) is 0 Å². The monoisotopic (exact) mass is 348 g/mol. The van der Waals surface area contributed by atoms with Gasteiger partial charge < -0.3 is 0 Å². The van der Waals surface area contributed by atoms with Crippen LogP contribution in [0.1, 0.15) is 22.6 Å². The van der Waals surface area contributed by atoms with Gasteiger partial charge in [-0.25, -0.2) is 0 Å². The van der Waals surface area contributed by atoms with Gasteiger partial charge in [-0.1, -0.05) is 36.0 Å². The Balaban J connectivity index is 2.12. The normalized spacial score (nSPS) is 19.0. The van der Waals surface area contributed by atoms with Crippen LogP contribution in [0, 0.1) is 3.57 Å². The smallest absolute Gasteiger partial charge is 0.0289 e. The fraction of sp³-hybridized carbons (Fsp3) is 0.0667. The summed E-state index contributed by atoms with van der Waals surface area (Å²) < 4.78 is 1.38. The summed E-state index contributed by atoms with van der Waals surface area (Å²) in [6.07, 6.45) is 4.62. The Kier molecular flexibility index (Phi) is 2.18. The lowest BCUT2D eigenvalue weighted by Crippen LogP contribution is -1.98. The Bertz CT molecular complexity index is 641. The molecule has 82 valence electrons.